The molecule has 0 radical (unpaired) electrons. The number of thiazole rings is 1. The smallest absolute Gasteiger partial charge is 0.323 e. The quantitative estimate of drug-likeness (QED) is 0.102. The van der Waals surface area contributed by atoms with Crippen LogP contribution in [0.25, 0.3) is 17.1 Å². The number of benzene rings is 2. The van der Waals surface area contributed by atoms with Crippen LogP contribution in [0, 0.1) is 0 Å². The second-order valence-corrected chi connectivity index (χ2v) is 15.1. The summed E-state index contributed by atoms with van der Waals surface area (Å²) in [6, 6.07) is 15.3. The highest BCUT2D eigenvalue weighted by Gasteiger charge is 2.35. The second kappa shape index (κ2) is 17.8. The van der Waals surface area contributed by atoms with Crippen LogP contribution >= 0.6 is 35.3 Å². The number of hydrogen-bond acceptors (Lipinski definition) is 9. The Labute approximate surface area is 305 Å². The number of anilines is 2. The van der Waals surface area contributed by atoms with Crippen LogP contribution in [-0.2, 0) is 38.7 Å². The average Bonchev–Trinajstić information content (AvgIpc) is 3.49. The van der Waals surface area contributed by atoms with Crippen molar-refractivity contribution in [3.05, 3.63) is 84.3 Å². The van der Waals surface area contributed by atoms with Gasteiger partial charge in [-0.2, -0.15) is 0 Å². The van der Waals surface area contributed by atoms with Crippen molar-refractivity contribution >= 4 is 86.4 Å². The van der Waals surface area contributed by atoms with Gasteiger partial charge in [0.05, 0.1) is 4.53 Å². The molecule has 50 heavy (non-hydrogen) atoms. The summed E-state index contributed by atoms with van der Waals surface area (Å²) >= 11 is 7.33. The average molecular weight is 734 g/mol. The molecule has 3 heterocycles. The summed E-state index contributed by atoms with van der Waals surface area (Å²) in [7, 11) is 0. The first kappa shape index (κ1) is 37.3. The maximum absolute atomic E-state index is 13.8. The first-order valence-corrected chi connectivity index (χ1v) is 19.2. The monoisotopic (exact) mass is 733 g/mol. The number of nitrogens with zero attached hydrogens (tertiary/aromatic N) is 3. The molecule has 0 aliphatic carbocycles. The van der Waals surface area contributed by atoms with Gasteiger partial charge < -0.3 is 14.7 Å². The molecule has 264 valence electrons. The molecule has 9 nitrogen and oxygen atoms in total. The number of ether oxygens (including phenoxy) is 1. The zero-order chi connectivity index (χ0) is 35.6. The molecule has 1 fully saturated rings. The number of thiocarbonyl (C=S) groups is 1. The first-order chi connectivity index (χ1) is 24.2. The highest BCUT2D eigenvalue weighted by atomic mass is 32.2. The van der Waals surface area contributed by atoms with Gasteiger partial charge in [-0.15, -0.1) is 11.3 Å². The van der Waals surface area contributed by atoms with Gasteiger partial charge >= 0.3 is 5.97 Å². The Morgan fingerprint density at radius 1 is 0.960 bits per heavy atom. The number of fused-ring (bicyclic) bond motifs is 2. The molecule has 5 rings (SSSR count). The maximum atomic E-state index is 13.8. The number of unbranched alkanes of at least 4 members (excludes halogenated alkanes) is 5. The predicted molar refractivity (Wildman–Crippen MR) is 206 cm³/mol. The standard InChI is InChI=1S/C38H43N3O6S3/c1-3-5-7-11-19-39-30-14-10-9-13-28(30)16-17-29-21-27(15-18-31(29)39)20-26(12-8-6-4-2)22-32-35(45)41(24-47-25-42)37(49-32)34-36(46)40(23-33(43)44)38(48)50-34/h9-10,13-15,18,20-22,25H,3-8,11-12,16-17,19,23-24H2,1-2H3,(H,43,44)/b26-20-,32-22-,37-34+. The Kier molecular flexibility index (Phi) is 13.2. The number of aliphatic carboxylic acids is 1. The van der Waals surface area contributed by atoms with Gasteiger partial charge in [0.25, 0.3) is 17.9 Å². The van der Waals surface area contributed by atoms with E-state index in [4.69, 9.17) is 17.0 Å². The van der Waals surface area contributed by atoms with Gasteiger partial charge in [-0.3, -0.25) is 28.6 Å². The highest BCUT2D eigenvalue weighted by Crippen LogP contribution is 2.37. The second-order valence-electron chi connectivity index (χ2n) is 12.4. The molecule has 0 unspecified atom stereocenters. The van der Waals surface area contributed by atoms with Crippen LogP contribution in [0.5, 0.6) is 0 Å². The number of carbonyl (C=O) groups excluding carboxylic acids is 2. The Morgan fingerprint density at radius 2 is 1.70 bits per heavy atom. The zero-order valence-electron chi connectivity index (χ0n) is 28.5. The Bertz CT molecular complexity index is 1960. The van der Waals surface area contributed by atoms with Crippen LogP contribution in [0.2, 0.25) is 0 Å². The number of allylic oxidation sites excluding steroid dienone is 1. The van der Waals surface area contributed by atoms with E-state index in [0.717, 1.165) is 90.6 Å². The molecule has 3 aromatic rings. The van der Waals surface area contributed by atoms with Gasteiger partial charge in [-0.25, -0.2) is 0 Å². The molecule has 1 N–H and O–H groups in total. The van der Waals surface area contributed by atoms with Gasteiger partial charge in [0.15, 0.2) is 6.73 Å². The lowest BCUT2D eigenvalue weighted by Gasteiger charge is -2.27. The van der Waals surface area contributed by atoms with Crippen molar-refractivity contribution < 1.29 is 24.2 Å². The minimum absolute atomic E-state index is 0.0904. The third kappa shape index (κ3) is 8.83. The Hall–Kier alpha value is -4.00. The number of amides is 1. The number of thioether (sulfide) groups is 1. The molecule has 2 aliphatic heterocycles. The SMILES string of the molecule is CCCCCCN1c2ccccc2CCc2cc(/C=C(\C=c3/s/c(=C4/SC(=S)N(CC(=O)O)C4=O)n(COC=O)c3=O)CCCCC)ccc21. The number of carboxylic acids is 1. The van der Waals surface area contributed by atoms with Gasteiger partial charge in [-0.1, -0.05) is 100 Å². The summed E-state index contributed by atoms with van der Waals surface area (Å²) in [6.45, 7) is 4.62. The molecule has 0 atom stereocenters. The number of para-hydroxylation sites is 1. The third-order valence-corrected chi connectivity index (χ3v) is 11.5. The summed E-state index contributed by atoms with van der Waals surface area (Å²) in [4.78, 5) is 53.1. The molecular weight excluding hydrogens is 691 g/mol. The normalized spacial score (nSPS) is 16.0. The van der Waals surface area contributed by atoms with Gasteiger partial charge in [-0.05, 0) is 78.6 Å². The number of carbonyl (C=O) groups is 3. The molecule has 2 aromatic carbocycles. The molecule has 1 aromatic heterocycles. The van der Waals surface area contributed by atoms with Gasteiger partial charge in [0.1, 0.15) is 20.4 Å². The fourth-order valence-electron chi connectivity index (χ4n) is 6.34. The number of rotatable bonds is 16. The van der Waals surface area contributed by atoms with E-state index in [9.17, 15) is 24.3 Å². The van der Waals surface area contributed by atoms with Crippen LogP contribution in [0.15, 0.2) is 52.8 Å². The first-order valence-electron chi connectivity index (χ1n) is 17.2. The van der Waals surface area contributed by atoms with E-state index in [-0.39, 0.29) is 27.1 Å². The molecule has 0 spiro atoms. The largest absolute Gasteiger partial charge is 0.480 e. The van der Waals surface area contributed by atoms with Crippen molar-refractivity contribution in [3.8, 4) is 0 Å². The minimum atomic E-state index is -1.20. The lowest BCUT2D eigenvalue weighted by Crippen LogP contribution is -2.36. The highest BCUT2D eigenvalue weighted by molar-refractivity contribution is 8.30. The van der Waals surface area contributed by atoms with E-state index in [1.165, 1.54) is 46.3 Å². The fraction of sp³-hybridized carbons (Fsp3) is 0.395. The Balaban J connectivity index is 1.57. The van der Waals surface area contributed by atoms with Crippen LogP contribution in [0.4, 0.5) is 11.4 Å². The molecule has 0 saturated carbocycles. The van der Waals surface area contributed by atoms with E-state index in [2.05, 4.69) is 67.3 Å². The summed E-state index contributed by atoms with van der Waals surface area (Å²) in [6.07, 6.45) is 14.4. The van der Waals surface area contributed by atoms with E-state index < -0.39 is 24.0 Å². The van der Waals surface area contributed by atoms with E-state index >= 15 is 0 Å². The van der Waals surface area contributed by atoms with E-state index in [1.807, 2.05) is 6.08 Å². The number of aryl methyl sites for hydroxylation is 2. The molecule has 0 bridgehead atoms. The van der Waals surface area contributed by atoms with E-state index in [0.29, 0.717) is 4.53 Å². The van der Waals surface area contributed by atoms with Crippen molar-refractivity contribution in [1.29, 1.82) is 0 Å². The number of aromatic nitrogens is 1. The molecular formula is C38H43N3O6S3. The summed E-state index contributed by atoms with van der Waals surface area (Å²) < 4.78 is 6.93. The lowest BCUT2D eigenvalue weighted by atomic mass is 9.99. The van der Waals surface area contributed by atoms with E-state index in [1.54, 1.807) is 0 Å². The number of carboxylic acid groups (broad SMARTS) is 1. The molecule has 1 amide bonds. The number of hydrogen-bond donors (Lipinski definition) is 1. The van der Waals surface area contributed by atoms with Crippen molar-refractivity contribution in [2.24, 2.45) is 0 Å². The minimum Gasteiger partial charge on any atom is -0.480 e. The van der Waals surface area contributed by atoms with Gasteiger partial charge in [0, 0.05) is 17.9 Å². The Morgan fingerprint density at radius 3 is 2.46 bits per heavy atom. The molecule has 12 heteroatoms. The predicted octanol–water partition coefficient (Wildman–Crippen LogP) is 6.35. The van der Waals surface area contributed by atoms with Crippen LogP contribution in [0.1, 0.15) is 81.9 Å². The zero-order valence-corrected chi connectivity index (χ0v) is 31.0. The van der Waals surface area contributed by atoms with Crippen molar-refractivity contribution in [2.75, 3.05) is 18.0 Å². The maximum Gasteiger partial charge on any atom is 0.323 e. The van der Waals surface area contributed by atoms with Gasteiger partial charge in [0.2, 0.25) is 0 Å². The van der Waals surface area contributed by atoms with Crippen LogP contribution in [-0.4, -0.2) is 50.3 Å². The topological polar surface area (TPSA) is 109 Å². The van der Waals surface area contributed by atoms with Crippen LogP contribution < -0.4 is 19.7 Å². The van der Waals surface area contributed by atoms with Crippen molar-refractivity contribution in [3.63, 3.8) is 0 Å². The summed E-state index contributed by atoms with van der Waals surface area (Å²) in [5.41, 5.74) is 6.79. The third-order valence-electron chi connectivity index (χ3n) is 8.83. The molecule has 2 aliphatic rings. The molecule has 1 saturated heterocycles. The summed E-state index contributed by atoms with van der Waals surface area (Å²) in [5.74, 6) is -1.80. The van der Waals surface area contributed by atoms with Crippen molar-refractivity contribution in [2.45, 2.75) is 84.8 Å². The lowest BCUT2D eigenvalue weighted by molar-refractivity contribution is -0.140. The van der Waals surface area contributed by atoms with Crippen LogP contribution in [0.3, 0.4) is 0 Å². The summed E-state index contributed by atoms with van der Waals surface area (Å²) in [5, 5.41) is 9.28. The fourth-order valence-corrected chi connectivity index (χ4v) is 8.85. The van der Waals surface area contributed by atoms with Crippen molar-refractivity contribution in [1.82, 2.24) is 9.47 Å².